The number of aromatic nitrogens is 2. The summed E-state index contributed by atoms with van der Waals surface area (Å²) in [5.41, 5.74) is 5.71. The predicted molar refractivity (Wildman–Crippen MR) is 161 cm³/mol. The zero-order valence-electron chi connectivity index (χ0n) is 24.3. The van der Waals surface area contributed by atoms with Crippen LogP contribution in [0.25, 0.3) is 22.5 Å². The van der Waals surface area contributed by atoms with Gasteiger partial charge in [-0.2, -0.15) is 0 Å². The number of hydrogen-bond acceptors (Lipinski definition) is 6. The van der Waals surface area contributed by atoms with Gasteiger partial charge in [0, 0.05) is 37.3 Å². The Bertz CT molecular complexity index is 1530. The van der Waals surface area contributed by atoms with Crippen LogP contribution in [0.1, 0.15) is 57.2 Å². The fourth-order valence-electron chi connectivity index (χ4n) is 5.00. The molecule has 5 aromatic rings. The first kappa shape index (κ1) is 28.5. The molecule has 2 heterocycles. The number of hydrogen-bond donors (Lipinski definition) is 0. The predicted octanol–water partition coefficient (Wildman–Crippen LogP) is 6.94. The van der Waals surface area contributed by atoms with Crippen LogP contribution in [0.5, 0.6) is 0 Å². The smallest absolute Gasteiger partial charge is 0.260 e. The fraction of sp³-hybridized carbons (Fsp3) is 0.235. The number of rotatable bonds is 10. The average molecular weight is 563 g/mol. The lowest BCUT2D eigenvalue weighted by atomic mass is 10.0. The van der Waals surface area contributed by atoms with Crippen molar-refractivity contribution in [2.45, 2.75) is 40.8 Å². The zero-order chi connectivity index (χ0) is 29.6. The Labute approximate surface area is 245 Å². The molecule has 214 valence electrons. The van der Waals surface area contributed by atoms with Gasteiger partial charge in [0.25, 0.3) is 11.8 Å². The van der Waals surface area contributed by atoms with Crippen molar-refractivity contribution in [1.82, 2.24) is 20.1 Å². The quantitative estimate of drug-likeness (QED) is 0.183. The zero-order valence-corrected chi connectivity index (χ0v) is 24.3. The van der Waals surface area contributed by atoms with E-state index in [1.54, 1.807) is 23.6 Å². The normalized spacial score (nSPS) is 11.0. The second-order valence-electron chi connectivity index (χ2n) is 10.1. The van der Waals surface area contributed by atoms with Crippen LogP contribution < -0.4 is 0 Å². The Morgan fingerprint density at radius 3 is 1.29 bits per heavy atom. The van der Waals surface area contributed by atoms with Crippen molar-refractivity contribution in [3.05, 3.63) is 119 Å². The van der Waals surface area contributed by atoms with Gasteiger partial charge in [-0.3, -0.25) is 9.59 Å². The summed E-state index contributed by atoms with van der Waals surface area (Å²) in [6, 6.07) is 27.2. The molecule has 0 aliphatic carbocycles. The van der Waals surface area contributed by atoms with Gasteiger partial charge >= 0.3 is 0 Å². The van der Waals surface area contributed by atoms with Crippen molar-refractivity contribution < 1.29 is 18.6 Å². The lowest BCUT2D eigenvalue weighted by molar-refractivity contribution is 0.0742. The van der Waals surface area contributed by atoms with E-state index >= 15 is 0 Å². The Balaban J connectivity index is 1.30. The number of nitrogens with zero attached hydrogens (tertiary/aromatic N) is 4. The third-order valence-electron chi connectivity index (χ3n) is 7.36. The van der Waals surface area contributed by atoms with Gasteiger partial charge in [0.15, 0.2) is 0 Å². The molecule has 0 aliphatic heterocycles. The molecule has 0 aliphatic rings. The highest BCUT2D eigenvalue weighted by atomic mass is 16.5. The van der Waals surface area contributed by atoms with E-state index in [0.29, 0.717) is 60.2 Å². The molecule has 0 saturated carbocycles. The molecule has 0 N–H and O–H groups in total. The monoisotopic (exact) mass is 562 g/mol. The second kappa shape index (κ2) is 12.7. The minimum atomic E-state index is -0.125. The molecule has 0 saturated heterocycles. The Morgan fingerprint density at radius 2 is 0.952 bits per heavy atom. The summed E-state index contributed by atoms with van der Waals surface area (Å²) < 4.78 is 10.9. The van der Waals surface area contributed by atoms with E-state index in [0.717, 1.165) is 22.3 Å². The number of carbonyl (C=O) groups excluding carboxylic acids is 2. The van der Waals surface area contributed by atoms with Gasteiger partial charge < -0.3 is 18.8 Å². The minimum Gasteiger partial charge on any atom is -0.360 e. The summed E-state index contributed by atoms with van der Waals surface area (Å²) in [6.07, 6.45) is 0. The maximum Gasteiger partial charge on any atom is 0.260 e. The molecule has 2 aromatic heterocycles. The molecule has 3 aromatic carbocycles. The van der Waals surface area contributed by atoms with E-state index < -0.39 is 0 Å². The van der Waals surface area contributed by atoms with Crippen molar-refractivity contribution in [2.24, 2.45) is 0 Å². The maximum atomic E-state index is 13.6. The van der Waals surface area contributed by atoms with Gasteiger partial charge in [0.05, 0.1) is 0 Å². The molecular weight excluding hydrogens is 528 g/mol. The average Bonchev–Trinajstić information content (AvgIpc) is 3.61. The molecule has 0 atom stereocenters. The van der Waals surface area contributed by atoms with Crippen molar-refractivity contribution in [2.75, 3.05) is 13.1 Å². The molecule has 8 heteroatoms. The van der Waals surface area contributed by atoms with Gasteiger partial charge in [0.2, 0.25) is 0 Å². The highest BCUT2D eigenvalue weighted by Gasteiger charge is 2.27. The van der Waals surface area contributed by atoms with E-state index in [-0.39, 0.29) is 11.8 Å². The van der Waals surface area contributed by atoms with Crippen LogP contribution in [0.3, 0.4) is 0 Å². The van der Waals surface area contributed by atoms with Crippen molar-refractivity contribution in [3.8, 4) is 22.5 Å². The highest BCUT2D eigenvalue weighted by Crippen LogP contribution is 2.28. The van der Waals surface area contributed by atoms with Gasteiger partial charge in [-0.05, 0) is 38.8 Å². The number of aryl methyl sites for hydroxylation is 2. The summed E-state index contributed by atoms with van der Waals surface area (Å²) in [4.78, 5) is 30.8. The Kier molecular flexibility index (Phi) is 8.62. The summed E-state index contributed by atoms with van der Waals surface area (Å²) in [7, 11) is 0. The van der Waals surface area contributed by atoms with Crippen molar-refractivity contribution in [1.29, 1.82) is 0 Å². The van der Waals surface area contributed by atoms with Gasteiger partial charge in [0.1, 0.15) is 34.0 Å². The molecule has 42 heavy (non-hydrogen) atoms. The lowest BCUT2D eigenvalue weighted by Crippen LogP contribution is -2.31. The number of benzene rings is 3. The number of amides is 2. The molecule has 0 unspecified atom stereocenters. The molecule has 5 rings (SSSR count). The van der Waals surface area contributed by atoms with Crippen LogP contribution in [0.15, 0.2) is 94.0 Å². The summed E-state index contributed by atoms with van der Waals surface area (Å²) in [5.74, 6) is 0.742. The van der Waals surface area contributed by atoms with Crippen LogP contribution in [0, 0.1) is 13.8 Å². The van der Waals surface area contributed by atoms with Crippen LogP contribution in [-0.4, -0.2) is 45.0 Å². The summed E-state index contributed by atoms with van der Waals surface area (Å²) >= 11 is 0. The summed E-state index contributed by atoms with van der Waals surface area (Å²) in [6.45, 7) is 9.37. The van der Waals surface area contributed by atoms with Crippen LogP contribution in [0.4, 0.5) is 0 Å². The standard InChI is InChI=1S/C34H34N4O4/c1-5-37(33(39)29-23(3)41-35-31(29)27-13-9-7-10-14-27)21-25-17-19-26(20-18-25)22-38(6-2)34(40)30-24(4)42-36-32(30)28-15-11-8-12-16-28/h7-20H,5-6,21-22H2,1-4H3. The SMILES string of the molecule is CCN(Cc1ccc(CN(CC)C(=O)c2c(-c3ccccc3)noc2C)cc1)C(=O)c1c(-c2ccccc2)noc1C. The van der Waals surface area contributed by atoms with Gasteiger partial charge in [-0.15, -0.1) is 0 Å². The van der Waals surface area contributed by atoms with Crippen LogP contribution in [0.2, 0.25) is 0 Å². The van der Waals surface area contributed by atoms with E-state index in [1.807, 2.05) is 98.8 Å². The molecule has 2 amide bonds. The van der Waals surface area contributed by atoms with E-state index in [9.17, 15) is 9.59 Å². The third kappa shape index (κ3) is 5.88. The molecule has 0 spiro atoms. The first-order valence-corrected chi connectivity index (χ1v) is 14.1. The maximum absolute atomic E-state index is 13.6. The van der Waals surface area contributed by atoms with E-state index in [1.165, 1.54) is 0 Å². The van der Waals surface area contributed by atoms with Gasteiger partial charge in [-0.1, -0.05) is 95.2 Å². The van der Waals surface area contributed by atoms with Gasteiger partial charge in [-0.25, -0.2) is 0 Å². The molecule has 0 radical (unpaired) electrons. The first-order chi connectivity index (χ1) is 20.4. The molecular formula is C34H34N4O4. The largest absolute Gasteiger partial charge is 0.360 e. The first-order valence-electron chi connectivity index (χ1n) is 14.1. The molecule has 8 nitrogen and oxygen atoms in total. The molecule has 0 bridgehead atoms. The lowest BCUT2D eigenvalue weighted by Gasteiger charge is -2.23. The van der Waals surface area contributed by atoms with Crippen molar-refractivity contribution >= 4 is 11.8 Å². The van der Waals surface area contributed by atoms with E-state index in [4.69, 9.17) is 9.05 Å². The highest BCUT2D eigenvalue weighted by molar-refractivity contribution is 6.01. The topological polar surface area (TPSA) is 92.7 Å². The fourth-order valence-corrected chi connectivity index (χ4v) is 5.00. The Morgan fingerprint density at radius 1 is 0.595 bits per heavy atom. The minimum absolute atomic E-state index is 0.125. The third-order valence-corrected chi connectivity index (χ3v) is 7.36. The van der Waals surface area contributed by atoms with Crippen LogP contribution in [-0.2, 0) is 13.1 Å². The van der Waals surface area contributed by atoms with Crippen LogP contribution >= 0.6 is 0 Å². The number of carbonyl (C=O) groups is 2. The van der Waals surface area contributed by atoms with Crippen molar-refractivity contribution in [3.63, 3.8) is 0 Å². The molecule has 0 fully saturated rings. The second-order valence-corrected chi connectivity index (χ2v) is 10.1. The Hall–Kier alpha value is -4.98. The van der Waals surface area contributed by atoms with E-state index in [2.05, 4.69) is 10.3 Å². The summed E-state index contributed by atoms with van der Waals surface area (Å²) in [5, 5.41) is 8.35.